The van der Waals surface area contributed by atoms with Crippen molar-refractivity contribution in [3.8, 4) is 0 Å². The van der Waals surface area contributed by atoms with Gasteiger partial charge < -0.3 is 9.84 Å². The summed E-state index contributed by atoms with van der Waals surface area (Å²) in [6.45, 7) is 9.35. The van der Waals surface area contributed by atoms with Gasteiger partial charge in [0.15, 0.2) is 0 Å². The summed E-state index contributed by atoms with van der Waals surface area (Å²) < 4.78 is 4.98. The Labute approximate surface area is 160 Å². The molecule has 0 spiro atoms. The highest BCUT2D eigenvalue weighted by molar-refractivity contribution is 6.50. The molecule has 3 atom stereocenters. The van der Waals surface area contributed by atoms with E-state index in [0.29, 0.717) is 11.1 Å². The summed E-state index contributed by atoms with van der Waals surface area (Å²) in [6, 6.07) is 0. The normalized spacial score (nSPS) is 30.8. The van der Waals surface area contributed by atoms with E-state index in [9.17, 15) is 19.5 Å². The van der Waals surface area contributed by atoms with Crippen LogP contribution >= 0.6 is 0 Å². The molecule has 0 heterocycles. The summed E-state index contributed by atoms with van der Waals surface area (Å²) in [6.07, 6.45) is 6.74. The van der Waals surface area contributed by atoms with E-state index < -0.39 is 28.9 Å². The van der Waals surface area contributed by atoms with Crippen LogP contribution in [0, 0.1) is 22.7 Å². The summed E-state index contributed by atoms with van der Waals surface area (Å²) >= 11 is 0. The maximum Gasteiger partial charge on any atom is 0.302 e. The van der Waals surface area contributed by atoms with Crippen LogP contribution in [0.3, 0.4) is 0 Å². The predicted molar refractivity (Wildman–Crippen MR) is 101 cm³/mol. The first-order chi connectivity index (χ1) is 12.5. The number of aliphatic hydroxyl groups is 1. The van der Waals surface area contributed by atoms with Crippen molar-refractivity contribution in [2.24, 2.45) is 22.7 Å². The molecular formula is C22H28O5. The zero-order chi connectivity index (χ0) is 20.1. The van der Waals surface area contributed by atoms with Crippen LogP contribution in [0.1, 0.15) is 53.9 Å². The topological polar surface area (TPSA) is 80.7 Å². The Morgan fingerprint density at radius 3 is 2.56 bits per heavy atom. The van der Waals surface area contributed by atoms with Crippen molar-refractivity contribution < 1.29 is 24.2 Å². The summed E-state index contributed by atoms with van der Waals surface area (Å²) in [4.78, 5) is 37.1. The zero-order valence-electron chi connectivity index (χ0n) is 16.7. The van der Waals surface area contributed by atoms with Crippen LogP contribution in [-0.4, -0.2) is 29.2 Å². The van der Waals surface area contributed by atoms with E-state index >= 15 is 0 Å². The maximum atomic E-state index is 13.1. The third kappa shape index (κ3) is 2.97. The molecule has 5 heteroatoms. The molecule has 0 aromatic carbocycles. The Morgan fingerprint density at radius 1 is 1.26 bits per heavy atom. The summed E-state index contributed by atoms with van der Waals surface area (Å²) in [5, 5.41) is 10.9. The smallest absolute Gasteiger partial charge is 0.302 e. The molecule has 1 N–H and O–H groups in total. The Hall–Kier alpha value is -2.17. The molecule has 3 aliphatic carbocycles. The number of carbonyl (C=O) groups is 3. The second-order valence-electron chi connectivity index (χ2n) is 9.01. The van der Waals surface area contributed by atoms with Crippen molar-refractivity contribution in [2.75, 3.05) is 6.61 Å². The minimum Gasteiger partial charge on any atom is -0.507 e. The van der Waals surface area contributed by atoms with Crippen LogP contribution in [0.25, 0.3) is 0 Å². The van der Waals surface area contributed by atoms with Gasteiger partial charge in [0.1, 0.15) is 5.76 Å². The highest BCUT2D eigenvalue weighted by Crippen LogP contribution is 2.59. The lowest BCUT2D eigenvalue weighted by Crippen LogP contribution is -2.48. The second-order valence-corrected chi connectivity index (χ2v) is 9.01. The van der Waals surface area contributed by atoms with E-state index in [1.165, 1.54) is 6.92 Å². The number of hydrogen-bond donors (Lipinski definition) is 1. The number of allylic oxidation sites excluding steroid dienone is 3. The third-order valence-electron chi connectivity index (χ3n) is 6.56. The average molecular weight is 372 g/mol. The first-order valence-electron chi connectivity index (χ1n) is 9.59. The van der Waals surface area contributed by atoms with Crippen molar-refractivity contribution in [1.29, 1.82) is 0 Å². The van der Waals surface area contributed by atoms with E-state index in [0.717, 1.165) is 19.3 Å². The lowest BCUT2D eigenvalue weighted by Gasteiger charge is -2.53. The number of aliphatic hydroxyl groups excluding tert-OH is 1. The van der Waals surface area contributed by atoms with Gasteiger partial charge in [0.2, 0.25) is 11.6 Å². The van der Waals surface area contributed by atoms with Crippen molar-refractivity contribution in [3.63, 3.8) is 0 Å². The molecule has 3 aliphatic rings. The molecular weight excluding hydrogens is 344 g/mol. The lowest BCUT2D eigenvalue weighted by molar-refractivity contribution is -0.142. The number of esters is 1. The molecule has 27 heavy (non-hydrogen) atoms. The minimum absolute atomic E-state index is 0.0214. The molecule has 0 unspecified atom stereocenters. The minimum atomic E-state index is -0.676. The van der Waals surface area contributed by atoms with Crippen LogP contribution in [0.15, 0.2) is 34.6 Å². The van der Waals surface area contributed by atoms with Crippen LogP contribution in [0.2, 0.25) is 0 Å². The van der Waals surface area contributed by atoms with E-state index in [2.05, 4.69) is 19.9 Å². The Kier molecular flexibility index (Phi) is 4.69. The molecule has 0 amide bonds. The molecule has 0 aliphatic heterocycles. The maximum absolute atomic E-state index is 13.1. The SMILES string of the molecule is CC(=O)OC[C@H](C)C1=C(O)C2=C(C(=O)C1=O)[C@@]1(C)CCCC(C)(C)[C@@H]1C=C2. The first-order valence-corrected chi connectivity index (χ1v) is 9.59. The van der Waals surface area contributed by atoms with Gasteiger partial charge in [-0.05, 0) is 24.2 Å². The van der Waals surface area contributed by atoms with Crippen LogP contribution < -0.4 is 0 Å². The van der Waals surface area contributed by atoms with Gasteiger partial charge in [-0.25, -0.2) is 0 Å². The molecule has 0 saturated heterocycles. The highest BCUT2D eigenvalue weighted by Gasteiger charge is 2.54. The fraction of sp³-hybridized carbons (Fsp3) is 0.591. The first kappa shape index (κ1) is 19.6. The zero-order valence-corrected chi connectivity index (χ0v) is 16.7. The quantitative estimate of drug-likeness (QED) is 0.462. The molecule has 1 saturated carbocycles. The number of ether oxygens (including phenoxy) is 1. The Morgan fingerprint density at radius 2 is 1.93 bits per heavy atom. The molecule has 5 nitrogen and oxygen atoms in total. The molecule has 1 fully saturated rings. The Bertz CT molecular complexity index is 811. The second kappa shape index (κ2) is 6.47. The third-order valence-corrected chi connectivity index (χ3v) is 6.56. The van der Waals surface area contributed by atoms with Gasteiger partial charge in [-0.3, -0.25) is 14.4 Å². The van der Waals surface area contributed by atoms with Crippen LogP contribution in [0.5, 0.6) is 0 Å². The fourth-order valence-corrected chi connectivity index (χ4v) is 5.27. The van der Waals surface area contributed by atoms with Gasteiger partial charge in [-0.15, -0.1) is 0 Å². The predicted octanol–water partition coefficient (Wildman–Crippen LogP) is 3.85. The van der Waals surface area contributed by atoms with Gasteiger partial charge in [0, 0.05) is 29.4 Å². The van der Waals surface area contributed by atoms with E-state index in [1.807, 2.05) is 6.92 Å². The number of rotatable bonds is 3. The number of carbonyl (C=O) groups excluding carboxylic acids is 3. The molecule has 146 valence electrons. The number of Topliss-reactive ketones (excluding diaryl/α,β-unsaturated/α-hetero) is 2. The summed E-state index contributed by atoms with van der Waals surface area (Å²) in [5.74, 6) is -2.22. The largest absolute Gasteiger partial charge is 0.507 e. The summed E-state index contributed by atoms with van der Waals surface area (Å²) in [5.41, 5.74) is 0.515. The average Bonchev–Trinajstić information content (AvgIpc) is 2.56. The van der Waals surface area contributed by atoms with Gasteiger partial charge in [-0.2, -0.15) is 0 Å². The van der Waals surface area contributed by atoms with Crippen molar-refractivity contribution in [3.05, 3.63) is 34.6 Å². The van der Waals surface area contributed by atoms with Crippen LogP contribution in [-0.2, 0) is 19.1 Å². The highest BCUT2D eigenvalue weighted by atomic mass is 16.5. The van der Waals surface area contributed by atoms with E-state index in [4.69, 9.17) is 4.74 Å². The van der Waals surface area contributed by atoms with Gasteiger partial charge in [0.05, 0.1) is 12.2 Å². The monoisotopic (exact) mass is 372 g/mol. The Balaban J connectivity index is 2.09. The van der Waals surface area contributed by atoms with E-state index in [-0.39, 0.29) is 29.3 Å². The molecule has 3 rings (SSSR count). The molecule has 0 aromatic heterocycles. The number of hydrogen-bond acceptors (Lipinski definition) is 5. The van der Waals surface area contributed by atoms with Crippen molar-refractivity contribution in [2.45, 2.75) is 53.9 Å². The standard InChI is InChI=1S/C22H28O5/c1-12(11-27-13(2)23)16-18(24)14-7-8-15-21(3,4)9-6-10-22(15,5)17(14)20(26)19(16)25/h7-8,12,15,24H,6,9-11H2,1-5H3/t12-,15-,22-/m0/s1. The molecule has 0 radical (unpaired) electrons. The molecule has 0 aromatic rings. The number of fused-ring (bicyclic) bond motifs is 2. The van der Waals surface area contributed by atoms with Crippen LogP contribution in [0.4, 0.5) is 0 Å². The van der Waals surface area contributed by atoms with Gasteiger partial charge in [-0.1, -0.05) is 46.3 Å². The fourth-order valence-electron chi connectivity index (χ4n) is 5.27. The number of ketones is 2. The lowest BCUT2D eigenvalue weighted by atomic mass is 9.50. The van der Waals surface area contributed by atoms with Crippen molar-refractivity contribution >= 4 is 17.5 Å². The van der Waals surface area contributed by atoms with E-state index in [1.54, 1.807) is 13.0 Å². The van der Waals surface area contributed by atoms with Crippen molar-refractivity contribution in [1.82, 2.24) is 0 Å². The summed E-state index contributed by atoms with van der Waals surface area (Å²) in [7, 11) is 0. The van der Waals surface area contributed by atoms with Gasteiger partial charge >= 0.3 is 5.97 Å². The molecule has 0 bridgehead atoms. The van der Waals surface area contributed by atoms with Gasteiger partial charge in [0.25, 0.3) is 0 Å².